The molecule has 6 nitrogen and oxygen atoms in total. The number of carbonyl (C=O) groups is 2. The molecule has 4 rings (SSSR count). The highest BCUT2D eigenvalue weighted by Crippen LogP contribution is 2.22. The minimum absolute atomic E-state index is 0.0468. The van der Waals surface area contributed by atoms with Crippen LogP contribution in [-0.4, -0.2) is 46.3 Å². The number of benzene rings is 2. The van der Waals surface area contributed by atoms with Gasteiger partial charge in [-0.25, -0.2) is 4.98 Å². The maximum Gasteiger partial charge on any atom is 0.253 e. The molecule has 1 saturated heterocycles. The summed E-state index contributed by atoms with van der Waals surface area (Å²) in [6.45, 7) is 5.79. The third-order valence-corrected chi connectivity index (χ3v) is 7.17. The van der Waals surface area contributed by atoms with Crippen LogP contribution >= 0.6 is 23.1 Å². The van der Waals surface area contributed by atoms with Crippen molar-refractivity contribution in [2.45, 2.75) is 20.5 Å². The molecule has 1 aliphatic heterocycles. The summed E-state index contributed by atoms with van der Waals surface area (Å²) in [6.07, 6.45) is 3.22. The van der Waals surface area contributed by atoms with Gasteiger partial charge in [0.25, 0.3) is 5.91 Å². The van der Waals surface area contributed by atoms with Gasteiger partial charge < -0.3 is 15.0 Å². The molecule has 1 N–H and O–H groups in total. The number of nitrogens with zero attached hydrogens (tertiary/aromatic N) is 2. The van der Waals surface area contributed by atoms with Crippen molar-refractivity contribution in [3.05, 3.63) is 81.3 Å². The lowest BCUT2D eigenvalue weighted by atomic mass is 10.1. The summed E-state index contributed by atoms with van der Waals surface area (Å²) in [5.74, 6) is 2.44. The van der Waals surface area contributed by atoms with Crippen molar-refractivity contribution in [2.24, 2.45) is 0 Å². The van der Waals surface area contributed by atoms with Crippen LogP contribution < -0.4 is 10.1 Å². The second-order valence-corrected chi connectivity index (χ2v) is 10.2. The molecule has 8 heteroatoms. The standard InChI is InChI=1S/C26H27N3O3S2/c1-18-15-21(26(31)29-11-13-33-14-12-29)7-9-23(18)28-25(30)10-8-20-5-3-4-6-24(20)32-16-22-17-34-19(2)27-22/h3-10,15,17H,11-14,16H2,1-2H3,(H,28,30)/b10-8-. The Labute approximate surface area is 208 Å². The first kappa shape index (κ1) is 24.0. The van der Waals surface area contributed by atoms with Gasteiger partial charge in [0, 0.05) is 52.9 Å². The van der Waals surface area contributed by atoms with E-state index in [1.165, 1.54) is 6.08 Å². The van der Waals surface area contributed by atoms with Gasteiger partial charge in [-0.3, -0.25) is 9.59 Å². The zero-order valence-electron chi connectivity index (χ0n) is 19.2. The molecule has 0 unspecified atom stereocenters. The Hall–Kier alpha value is -3.10. The van der Waals surface area contributed by atoms with Gasteiger partial charge in [0.1, 0.15) is 12.4 Å². The van der Waals surface area contributed by atoms with Crippen molar-refractivity contribution in [2.75, 3.05) is 29.9 Å². The average Bonchev–Trinajstić information content (AvgIpc) is 3.28. The predicted octanol–water partition coefficient (Wildman–Crippen LogP) is 5.18. The predicted molar refractivity (Wildman–Crippen MR) is 140 cm³/mol. The van der Waals surface area contributed by atoms with Crippen LogP contribution in [0.3, 0.4) is 0 Å². The van der Waals surface area contributed by atoms with Crippen LogP contribution in [0.25, 0.3) is 6.08 Å². The molecule has 1 aliphatic rings. The number of carbonyl (C=O) groups excluding carboxylic acids is 2. The van der Waals surface area contributed by atoms with Crippen LogP contribution in [0.4, 0.5) is 5.69 Å². The number of anilines is 1. The van der Waals surface area contributed by atoms with Crippen molar-refractivity contribution >= 4 is 46.7 Å². The minimum atomic E-state index is -0.250. The Morgan fingerprint density at radius 1 is 1.15 bits per heavy atom. The molecule has 0 saturated carbocycles. The van der Waals surface area contributed by atoms with Crippen molar-refractivity contribution < 1.29 is 14.3 Å². The van der Waals surface area contributed by atoms with Gasteiger partial charge in [0.2, 0.25) is 5.91 Å². The maximum atomic E-state index is 12.7. The van der Waals surface area contributed by atoms with Gasteiger partial charge in [0.15, 0.2) is 0 Å². The van der Waals surface area contributed by atoms with Gasteiger partial charge in [-0.2, -0.15) is 11.8 Å². The Bertz CT molecular complexity index is 1200. The minimum Gasteiger partial charge on any atom is -0.487 e. The first-order valence-electron chi connectivity index (χ1n) is 11.1. The molecule has 3 aromatic rings. The van der Waals surface area contributed by atoms with E-state index in [1.807, 2.05) is 66.2 Å². The number of para-hydroxylation sites is 1. The molecule has 2 aromatic carbocycles. The third-order valence-electron chi connectivity index (χ3n) is 5.40. The van der Waals surface area contributed by atoms with Crippen LogP contribution in [0.1, 0.15) is 32.2 Å². The first-order valence-corrected chi connectivity index (χ1v) is 13.1. The molecule has 34 heavy (non-hydrogen) atoms. The van der Waals surface area contributed by atoms with E-state index < -0.39 is 0 Å². The molecule has 0 atom stereocenters. The summed E-state index contributed by atoms with van der Waals surface area (Å²) in [5.41, 5.74) is 3.88. The molecule has 0 bridgehead atoms. The number of thiazole rings is 1. The number of rotatable bonds is 7. The van der Waals surface area contributed by atoms with Crippen LogP contribution in [0, 0.1) is 13.8 Å². The monoisotopic (exact) mass is 493 g/mol. The van der Waals surface area contributed by atoms with E-state index in [-0.39, 0.29) is 11.8 Å². The quantitative estimate of drug-likeness (QED) is 0.459. The fraction of sp³-hybridized carbons (Fsp3) is 0.269. The number of hydrogen-bond acceptors (Lipinski definition) is 6. The average molecular weight is 494 g/mol. The van der Waals surface area contributed by atoms with E-state index >= 15 is 0 Å². The van der Waals surface area contributed by atoms with Gasteiger partial charge in [-0.05, 0) is 49.8 Å². The van der Waals surface area contributed by atoms with Crippen LogP contribution in [0.15, 0.2) is 53.9 Å². The van der Waals surface area contributed by atoms with E-state index in [2.05, 4.69) is 10.3 Å². The van der Waals surface area contributed by atoms with Gasteiger partial charge >= 0.3 is 0 Å². The highest BCUT2D eigenvalue weighted by atomic mass is 32.2. The first-order chi connectivity index (χ1) is 16.5. The van der Waals surface area contributed by atoms with E-state index in [0.717, 1.165) is 46.4 Å². The third kappa shape index (κ3) is 6.27. The summed E-state index contributed by atoms with van der Waals surface area (Å²) in [4.78, 5) is 31.6. The summed E-state index contributed by atoms with van der Waals surface area (Å²) < 4.78 is 5.92. The van der Waals surface area contributed by atoms with Crippen LogP contribution in [0.5, 0.6) is 5.75 Å². The van der Waals surface area contributed by atoms with E-state index in [0.29, 0.717) is 23.6 Å². The molecular formula is C26H27N3O3S2. The summed E-state index contributed by atoms with van der Waals surface area (Å²) >= 11 is 3.46. The number of aromatic nitrogens is 1. The summed E-state index contributed by atoms with van der Waals surface area (Å²) in [5, 5.41) is 5.88. The second kappa shape index (κ2) is 11.4. The van der Waals surface area contributed by atoms with Crippen molar-refractivity contribution in [3.63, 3.8) is 0 Å². The van der Waals surface area contributed by atoms with E-state index in [1.54, 1.807) is 29.5 Å². The van der Waals surface area contributed by atoms with E-state index in [4.69, 9.17) is 4.74 Å². The lowest BCUT2D eigenvalue weighted by molar-refractivity contribution is -0.111. The van der Waals surface area contributed by atoms with Crippen molar-refractivity contribution in [1.29, 1.82) is 0 Å². The number of ether oxygens (including phenoxy) is 1. The molecule has 1 fully saturated rings. The lowest BCUT2D eigenvalue weighted by Crippen LogP contribution is -2.37. The van der Waals surface area contributed by atoms with Crippen molar-refractivity contribution in [3.8, 4) is 5.75 Å². The molecule has 2 amide bonds. The zero-order valence-corrected chi connectivity index (χ0v) is 20.9. The summed E-state index contributed by atoms with van der Waals surface area (Å²) in [7, 11) is 0. The number of amides is 2. The smallest absolute Gasteiger partial charge is 0.253 e. The second-order valence-electron chi connectivity index (χ2n) is 7.94. The molecule has 176 valence electrons. The number of aryl methyl sites for hydroxylation is 2. The SMILES string of the molecule is Cc1nc(COc2ccccc2/C=C\C(=O)Nc2ccc(C(=O)N3CCSCC3)cc2C)cs1. The lowest BCUT2D eigenvalue weighted by Gasteiger charge is -2.26. The highest BCUT2D eigenvalue weighted by Gasteiger charge is 2.19. The molecular weight excluding hydrogens is 466 g/mol. The Kier molecular flexibility index (Phi) is 8.03. The highest BCUT2D eigenvalue weighted by molar-refractivity contribution is 7.99. The Morgan fingerprint density at radius 2 is 1.94 bits per heavy atom. The topological polar surface area (TPSA) is 71.5 Å². The van der Waals surface area contributed by atoms with Gasteiger partial charge in [-0.15, -0.1) is 11.3 Å². The maximum absolute atomic E-state index is 12.7. The van der Waals surface area contributed by atoms with E-state index in [9.17, 15) is 9.59 Å². The number of nitrogens with one attached hydrogen (secondary N) is 1. The fourth-order valence-electron chi connectivity index (χ4n) is 3.60. The van der Waals surface area contributed by atoms with Crippen molar-refractivity contribution in [1.82, 2.24) is 9.88 Å². The Morgan fingerprint density at radius 3 is 2.68 bits per heavy atom. The number of thioether (sulfide) groups is 1. The zero-order chi connectivity index (χ0) is 23.9. The van der Waals surface area contributed by atoms with Gasteiger partial charge in [-0.1, -0.05) is 18.2 Å². The number of hydrogen-bond donors (Lipinski definition) is 1. The molecule has 0 spiro atoms. The van der Waals surface area contributed by atoms with Crippen LogP contribution in [-0.2, 0) is 11.4 Å². The Balaban J connectivity index is 1.38. The molecule has 0 aliphatic carbocycles. The van der Waals surface area contributed by atoms with Gasteiger partial charge in [0.05, 0.1) is 10.7 Å². The summed E-state index contributed by atoms with van der Waals surface area (Å²) in [6, 6.07) is 13.0. The largest absolute Gasteiger partial charge is 0.487 e. The fourth-order valence-corrected chi connectivity index (χ4v) is 5.10. The molecule has 1 aromatic heterocycles. The molecule has 0 radical (unpaired) electrons. The van der Waals surface area contributed by atoms with Crippen LogP contribution in [0.2, 0.25) is 0 Å². The molecule has 2 heterocycles. The normalized spacial score (nSPS) is 13.8.